The second-order valence-corrected chi connectivity index (χ2v) is 3.82. The molecule has 3 heteroatoms. The molecule has 1 aromatic heterocycles. The highest BCUT2D eigenvalue weighted by Gasteiger charge is 2.37. The van der Waals surface area contributed by atoms with Crippen molar-refractivity contribution in [1.29, 1.82) is 0 Å². The van der Waals surface area contributed by atoms with E-state index in [1.165, 1.54) is 12.8 Å². The molecule has 0 radical (unpaired) electrons. The van der Waals surface area contributed by atoms with E-state index in [4.69, 9.17) is 5.73 Å². The first-order valence-corrected chi connectivity index (χ1v) is 4.45. The van der Waals surface area contributed by atoms with E-state index in [0.717, 1.165) is 18.7 Å². The largest absolute Gasteiger partial charge is 0.338 e. The van der Waals surface area contributed by atoms with Gasteiger partial charge < -0.3 is 10.3 Å². The standard InChI is InChI=1S/C9H15N3/c1-12-7-6-11-8(12)2-3-9(10)4-5-9/h6-7H,2-5,10H2,1H3. The summed E-state index contributed by atoms with van der Waals surface area (Å²) in [7, 11) is 2.03. The lowest BCUT2D eigenvalue weighted by atomic mass is 10.1. The lowest BCUT2D eigenvalue weighted by molar-refractivity contribution is 0.586. The van der Waals surface area contributed by atoms with Gasteiger partial charge in [0.15, 0.2) is 0 Å². The number of hydrogen-bond donors (Lipinski definition) is 1. The molecule has 1 aliphatic rings. The van der Waals surface area contributed by atoms with Crippen LogP contribution in [-0.2, 0) is 13.5 Å². The Morgan fingerprint density at radius 1 is 1.67 bits per heavy atom. The van der Waals surface area contributed by atoms with Gasteiger partial charge in [0.25, 0.3) is 0 Å². The zero-order chi connectivity index (χ0) is 8.60. The first-order valence-electron chi connectivity index (χ1n) is 4.45. The van der Waals surface area contributed by atoms with Crippen molar-refractivity contribution in [3.05, 3.63) is 18.2 Å². The molecule has 0 amide bonds. The first-order chi connectivity index (χ1) is 5.70. The van der Waals surface area contributed by atoms with Gasteiger partial charge in [0.2, 0.25) is 0 Å². The monoisotopic (exact) mass is 165 g/mol. The van der Waals surface area contributed by atoms with Crippen molar-refractivity contribution in [3.63, 3.8) is 0 Å². The van der Waals surface area contributed by atoms with Crippen LogP contribution >= 0.6 is 0 Å². The van der Waals surface area contributed by atoms with Crippen LogP contribution in [0.4, 0.5) is 0 Å². The molecule has 0 spiro atoms. The van der Waals surface area contributed by atoms with Gasteiger partial charge >= 0.3 is 0 Å². The molecular formula is C9H15N3. The van der Waals surface area contributed by atoms with Crippen molar-refractivity contribution in [2.24, 2.45) is 12.8 Å². The summed E-state index contributed by atoms with van der Waals surface area (Å²) < 4.78 is 2.06. The van der Waals surface area contributed by atoms with Gasteiger partial charge in [-0.25, -0.2) is 4.98 Å². The van der Waals surface area contributed by atoms with Gasteiger partial charge in [-0.3, -0.25) is 0 Å². The fraction of sp³-hybridized carbons (Fsp3) is 0.667. The summed E-state index contributed by atoms with van der Waals surface area (Å²) in [5.74, 6) is 1.15. The maximum absolute atomic E-state index is 5.98. The van der Waals surface area contributed by atoms with Crippen LogP contribution in [0.2, 0.25) is 0 Å². The van der Waals surface area contributed by atoms with Gasteiger partial charge in [0.05, 0.1) is 0 Å². The average Bonchev–Trinajstić information content (AvgIpc) is 2.61. The lowest BCUT2D eigenvalue weighted by Gasteiger charge is -2.07. The molecule has 0 aromatic carbocycles. The molecule has 66 valence electrons. The Bertz CT molecular complexity index is 273. The van der Waals surface area contributed by atoms with Crippen molar-refractivity contribution < 1.29 is 0 Å². The normalized spacial score (nSPS) is 19.5. The summed E-state index contributed by atoms with van der Waals surface area (Å²) in [6.45, 7) is 0. The minimum atomic E-state index is 0.159. The van der Waals surface area contributed by atoms with Crippen LogP contribution < -0.4 is 5.73 Å². The average molecular weight is 165 g/mol. The molecule has 3 nitrogen and oxygen atoms in total. The highest BCUT2D eigenvalue weighted by molar-refractivity contribution is 5.02. The second kappa shape index (κ2) is 2.59. The van der Waals surface area contributed by atoms with E-state index in [1.807, 2.05) is 19.4 Å². The Morgan fingerprint density at radius 3 is 2.92 bits per heavy atom. The molecule has 1 aromatic rings. The number of nitrogens with two attached hydrogens (primary N) is 1. The number of imidazole rings is 1. The highest BCUT2D eigenvalue weighted by Crippen LogP contribution is 2.36. The molecule has 1 fully saturated rings. The Hall–Kier alpha value is -0.830. The van der Waals surface area contributed by atoms with Gasteiger partial charge in [-0.1, -0.05) is 0 Å². The van der Waals surface area contributed by atoms with Crippen LogP contribution in [0.15, 0.2) is 12.4 Å². The lowest BCUT2D eigenvalue weighted by Crippen LogP contribution is -2.22. The van der Waals surface area contributed by atoms with Gasteiger partial charge in [-0.2, -0.15) is 0 Å². The Kier molecular flexibility index (Phi) is 1.68. The predicted octanol–water partition coefficient (Wildman–Crippen LogP) is 0.844. The quantitative estimate of drug-likeness (QED) is 0.721. The maximum Gasteiger partial charge on any atom is 0.108 e. The van der Waals surface area contributed by atoms with Gasteiger partial charge in [-0.15, -0.1) is 0 Å². The number of nitrogens with zero attached hydrogens (tertiary/aromatic N) is 2. The van der Waals surface area contributed by atoms with Crippen molar-refractivity contribution in [2.45, 2.75) is 31.2 Å². The Balaban J connectivity index is 1.91. The Labute approximate surface area is 72.6 Å². The predicted molar refractivity (Wildman–Crippen MR) is 47.7 cm³/mol. The fourth-order valence-corrected chi connectivity index (χ4v) is 1.41. The van der Waals surface area contributed by atoms with Crippen molar-refractivity contribution in [3.8, 4) is 0 Å². The maximum atomic E-state index is 5.98. The van der Waals surface area contributed by atoms with E-state index in [9.17, 15) is 0 Å². The van der Waals surface area contributed by atoms with Crippen LogP contribution in [0, 0.1) is 0 Å². The van der Waals surface area contributed by atoms with Gasteiger partial charge in [0.1, 0.15) is 5.82 Å². The summed E-state index contributed by atoms with van der Waals surface area (Å²) in [5, 5.41) is 0. The fourth-order valence-electron chi connectivity index (χ4n) is 1.41. The highest BCUT2D eigenvalue weighted by atomic mass is 15.0. The van der Waals surface area contributed by atoms with Crippen LogP contribution in [0.25, 0.3) is 0 Å². The van der Waals surface area contributed by atoms with Crippen LogP contribution in [0.5, 0.6) is 0 Å². The Morgan fingerprint density at radius 2 is 2.42 bits per heavy atom. The van der Waals surface area contributed by atoms with Gasteiger partial charge in [0, 0.05) is 31.4 Å². The number of aromatic nitrogens is 2. The molecule has 1 aliphatic carbocycles. The van der Waals surface area contributed by atoms with Crippen molar-refractivity contribution in [2.75, 3.05) is 0 Å². The summed E-state index contributed by atoms with van der Waals surface area (Å²) in [5.41, 5.74) is 6.13. The van der Waals surface area contributed by atoms with Crippen molar-refractivity contribution >= 4 is 0 Å². The summed E-state index contributed by atoms with van der Waals surface area (Å²) >= 11 is 0. The van der Waals surface area contributed by atoms with Gasteiger partial charge in [-0.05, 0) is 19.3 Å². The molecule has 2 N–H and O–H groups in total. The zero-order valence-electron chi connectivity index (χ0n) is 7.45. The molecule has 0 bridgehead atoms. The molecule has 0 unspecified atom stereocenters. The third-order valence-corrected chi connectivity index (χ3v) is 2.66. The van der Waals surface area contributed by atoms with E-state index >= 15 is 0 Å². The molecule has 1 saturated carbocycles. The smallest absolute Gasteiger partial charge is 0.108 e. The SMILES string of the molecule is Cn1ccnc1CCC1(N)CC1. The van der Waals surface area contributed by atoms with E-state index in [2.05, 4.69) is 9.55 Å². The topological polar surface area (TPSA) is 43.8 Å². The third-order valence-electron chi connectivity index (χ3n) is 2.66. The van der Waals surface area contributed by atoms with Crippen LogP contribution in [0.1, 0.15) is 25.1 Å². The molecule has 12 heavy (non-hydrogen) atoms. The van der Waals surface area contributed by atoms with Crippen LogP contribution in [0.3, 0.4) is 0 Å². The molecule has 1 heterocycles. The van der Waals surface area contributed by atoms with Crippen molar-refractivity contribution in [1.82, 2.24) is 9.55 Å². The van der Waals surface area contributed by atoms with E-state index in [1.54, 1.807) is 0 Å². The molecule has 2 rings (SSSR count). The minimum Gasteiger partial charge on any atom is -0.338 e. The summed E-state index contributed by atoms with van der Waals surface area (Å²) in [6.07, 6.45) is 8.30. The summed E-state index contributed by atoms with van der Waals surface area (Å²) in [6, 6.07) is 0. The number of hydrogen-bond acceptors (Lipinski definition) is 2. The van der Waals surface area contributed by atoms with E-state index < -0.39 is 0 Å². The molecular weight excluding hydrogens is 150 g/mol. The number of aryl methyl sites for hydroxylation is 2. The first kappa shape index (κ1) is 7.80. The molecule has 0 atom stereocenters. The number of rotatable bonds is 3. The zero-order valence-corrected chi connectivity index (χ0v) is 7.45. The third kappa shape index (κ3) is 1.50. The van der Waals surface area contributed by atoms with Crippen LogP contribution in [-0.4, -0.2) is 15.1 Å². The second-order valence-electron chi connectivity index (χ2n) is 3.82. The minimum absolute atomic E-state index is 0.159. The summed E-state index contributed by atoms with van der Waals surface area (Å²) in [4.78, 5) is 4.25. The van der Waals surface area contributed by atoms with E-state index in [0.29, 0.717) is 0 Å². The molecule has 0 saturated heterocycles. The van der Waals surface area contributed by atoms with E-state index in [-0.39, 0.29) is 5.54 Å². The molecule has 0 aliphatic heterocycles.